The van der Waals surface area contributed by atoms with Crippen molar-refractivity contribution >= 4 is 17.5 Å². The summed E-state index contributed by atoms with van der Waals surface area (Å²) in [6.07, 6.45) is 1.72. The van der Waals surface area contributed by atoms with E-state index < -0.39 is 11.6 Å². The highest BCUT2D eigenvalue weighted by Crippen LogP contribution is 2.23. The van der Waals surface area contributed by atoms with Crippen molar-refractivity contribution in [1.82, 2.24) is 9.97 Å². The van der Waals surface area contributed by atoms with E-state index in [0.717, 1.165) is 37.4 Å². The highest BCUT2D eigenvalue weighted by Gasteiger charge is 2.13. The number of hydrogen-bond acceptors (Lipinski definition) is 4. The molecule has 0 aliphatic heterocycles. The summed E-state index contributed by atoms with van der Waals surface area (Å²) in [6, 6.07) is 5.66. The van der Waals surface area contributed by atoms with Crippen molar-refractivity contribution in [2.75, 3.05) is 23.3 Å². The van der Waals surface area contributed by atoms with Gasteiger partial charge in [0.15, 0.2) is 0 Å². The Morgan fingerprint density at radius 2 is 1.70 bits per heavy atom. The molecule has 2 aromatic rings. The monoisotopic (exact) mass is 320 g/mol. The number of aromatic nitrogens is 2. The molecule has 4 nitrogen and oxygen atoms in total. The minimum atomic E-state index is -0.668. The Labute approximate surface area is 135 Å². The van der Waals surface area contributed by atoms with E-state index in [9.17, 15) is 8.78 Å². The fourth-order valence-corrected chi connectivity index (χ4v) is 2.36. The van der Waals surface area contributed by atoms with Gasteiger partial charge in [-0.3, -0.25) is 0 Å². The molecule has 0 bridgehead atoms. The summed E-state index contributed by atoms with van der Waals surface area (Å²) in [5, 5.41) is 2.68. The summed E-state index contributed by atoms with van der Waals surface area (Å²) in [5.41, 5.74) is 0.621. The molecule has 2 rings (SSSR count). The average Bonchev–Trinajstić information content (AvgIpc) is 2.52. The molecule has 0 saturated carbocycles. The lowest BCUT2D eigenvalue weighted by molar-refractivity contribution is 0.590. The summed E-state index contributed by atoms with van der Waals surface area (Å²) < 4.78 is 27.6. The van der Waals surface area contributed by atoms with Crippen LogP contribution in [0.15, 0.2) is 24.3 Å². The van der Waals surface area contributed by atoms with Crippen LogP contribution < -0.4 is 10.2 Å². The molecule has 1 N–H and O–H groups in total. The third kappa shape index (κ3) is 4.15. The second-order valence-electron chi connectivity index (χ2n) is 5.19. The third-order valence-electron chi connectivity index (χ3n) is 3.56. The predicted molar refractivity (Wildman–Crippen MR) is 89.2 cm³/mol. The molecule has 0 amide bonds. The van der Waals surface area contributed by atoms with E-state index >= 15 is 0 Å². The zero-order chi connectivity index (χ0) is 16.8. The van der Waals surface area contributed by atoms with Gasteiger partial charge in [0.05, 0.1) is 0 Å². The van der Waals surface area contributed by atoms with Crippen molar-refractivity contribution in [3.05, 3.63) is 41.6 Å². The first-order valence-corrected chi connectivity index (χ1v) is 7.92. The molecule has 0 radical (unpaired) electrons. The highest BCUT2D eigenvalue weighted by molar-refractivity contribution is 5.57. The summed E-state index contributed by atoms with van der Waals surface area (Å²) in [4.78, 5) is 10.8. The van der Waals surface area contributed by atoms with Gasteiger partial charge in [0.2, 0.25) is 5.95 Å². The van der Waals surface area contributed by atoms with Gasteiger partial charge in [-0.2, -0.15) is 4.98 Å². The van der Waals surface area contributed by atoms with Crippen LogP contribution in [0.3, 0.4) is 0 Å². The molecule has 1 aromatic carbocycles. The normalized spacial score (nSPS) is 10.7. The maximum Gasteiger partial charge on any atom is 0.229 e. The van der Waals surface area contributed by atoms with E-state index in [1.165, 1.54) is 18.2 Å². The zero-order valence-electron chi connectivity index (χ0n) is 13.7. The second-order valence-corrected chi connectivity index (χ2v) is 5.19. The lowest BCUT2D eigenvalue weighted by Crippen LogP contribution is -2.23. The number of nitrogens with zero attached hydrogens (tertiary/aromatic N) is 3. The van der Waals surface area contributed by atoms with Crippen molar-refractivity contribution in [3.8, 4) is 0 Å². The van der Waals surface area contributed by atoms with Crippen LogP contribution in [0.5, 0.6) is 0 Å². The molecule has 0 atom stereocenters. The smallest absolute Gasteiger partial charge is 0.229 e. The molecule has 0 saturated heterocycles. The van der Waals surface area contributed by atoms with E-state index in [2.05, 4.69) is 27.1 Å². The van der Waals surface area contributed by atoms with Crippen LogP contribution >= 0.6 is 0 Å². The first kappa shape index (κ1) is 17.1. The SMILES string of the molecule is CCCc1cc(N(CC)CC)nc(Nc2c(F)cccc2F)n1. The van der Waals surface area contributed by atoms with Gasteiger partial charge in [0, 0.05) is 24.8 Å². The van der Waals surface area contributed by atoms with Crippen molar-refractivity contribution < 1.29 is 8.78 Å². The van der Waals surface area contributed by atoms with E-state index in [1.54, 1.807) is 0 Å². The molecule has 1 aromatic heterocycles. The maximum absolute atomic E-state index is 13.8. The predicted octanol–water partition coefficient (Wildman–Crippen LogP) is 4.30. The van der Waals surface area contributed by atoms with Gasteiger partial charge in [0.1, 0.15) is 23.1 Å². The lowest BCUT2D eigenvalue weighted by Gasteiger charge is -2.21. The standard InChI is InChI=1S/C17H22F2N4/c1-4-8-12-11-15(23(5-2)6-3)21-17(20-12)22-16-13(18)9-7-10-14(16)19/h7,9-11H,4-6,8H2,1-3H3,(H,20,21,22). The largest absolute Gasteiger partial charge is 0.357 e. The number of anilines is 3. The summed E-state index contributed by atoms with van der Waals surface area (Å²) >= 11 is 0. The maximum atomic E-state index is 13.8. The molecule has 0 fully saturated rings. The Bertz CT molecular complexity index is 637. The van der Waals surface area contributed by atoms with E-state index in [0.29, 0.717) is 0 Å². The number of hydrogen-bond donors (Lipinski definition) is 1. The number of rotatable bonds is 7. The van der Waals surface area contributed by atoms with Gasteiger partial charge in [-0.25, -0.2) is 13.8 Å². The molecule has 0 spiro atoms. The first-order chi connectivity index (χ1) is 11.1. The minimum absolute atomic E-state index is 0.210. The topological polar surface area (TPSA) is 41.1 Å². The Morgan fingerprint density at radius 3 is 2.26 bits per heavy atom. The van der Waals surface area contributed by atoms with Crippen molar-refractivity contribution in [1.29, 1.82) is 0 Å². The Kier molecular flexibility index (Phi) is 5.84. The summed E-state index contributed by atoms with van der Waals surface area (Å²) in [7, 11) is 0. The highest BCUT2D eigenvalue weighted by atomic mass is 19.1. The molecule has 124 valence electrons. The number of benzene rings is 1. The van der Waals surface area contributed by atoms with Crippen molar-refractivity contribution in [2.24, 2.45) is 0 Å². The zero-order valence-corrected chi connectivity index (χ0v) is 13.7. The summed E-state index contributed by atoms with van der Waals surface area (Å²) in [5.74, 6) is -0.368. The van der Waals surface area contributed by atoms with Crippen LogP contribution in [0.2, 0.25) is 0 Å². The third-order valence-corrected chi connectivity index (χ3v) is 3.56. The molecule has 0 aliphatic rings. The number of aryl methyl sites for hydroxylation is 1. The molecule has 23 heavy (non-hydrogen) atoms. The van der Waals surface area contributed by atoms with Gasteiger partial charge in [-0.05, 0) is 32.4 Å². The van der Waals surface area contributed by atoms with Crippen LogP contribution in [-0.2, 0) is 6.42 Å². The van der Waals surface area contributed by atoms with Crippen molar-refractivity contribution in [3.63, 3.8) is 0 Å². The fraction of sp³-hybridized carbons (Fsp3) is 0.412. The fourth-order valence-electron chi connectivity index (χ4n) is 2.36. The van der Waals surface area contributed by atoms with Crippen LogP contribution in [0.1, 0.15) is 32.9 Å². The van der Waals surface area contributed by atoms with Gasteiger partial charge < -0.3 is 10.2 Å². The van der Waals surface area contributed by atoms with Crippen LogP contribution in [-0.4, -0.2) is 23.1 Å². The minimum Gasteiger partial charge on any atom is -0.357 e. The van der Waals surface area contributed by atoms with Crippen molar-refractivity contribution in [2.45, 2.75) is 33.6 Å². The van der Waals surface area contributed by atoms with Crippen LogP contribution in [0.25, 0.3) is 0 Å². The molecular formula is C17H22F2N4. The molecular weight excluding hydrogens is 298 g/mol. The Hall–Kier alpha value is -2.24. The van der Waals surface area contributed by atoms with Crippen LogP contribution in [0, 0.1) is 11.6 Å². The molecule has 1 heterocycles. The molecule has 0 aliphatic carbocycles. The van der Waals surface area contributed by atoms with Gasteiger partial charge >= 0.3 is 0 Å². The van der Waals surface area contributed by atoms with E-state index in [-0.39, 0.29) is 11.6 Å². The van der Waals surface area contributed by atoms with Gasteiger partial charge in [-0.1, -0.05) is 19.4 Å². The van der Waals surface area contributed by atoms with Gasteiger partial charge in [-0.15, -0.1) is 0 Å². The number of para-hydroxylation sites is 1. The quantitative estimate of drug-likeness (QED) is 0.826. The van der Waals surface area contributed by atoms with Gasteiger partial charge in [0.25, 0.3) is 0 Å². The molecule has 0 unspecified atom stereocenters. The first-order valence-electron chi connectivity index (χ1n) is 7.92. The summed E-state index contributed by atoms with van der Waals surface area (Å²) in [6.45, 7) is 7.73. The van der Waals surface area contributed by atoms with E-state index in [1.807, 2.05) is 19.9 Å². The molecule has 6 heteroatoms. The lowest BCUT2D eigenvalue weighted by atomic mass is 10.2. The number of halogens is 2. The second kappa shape index (κ2) is 7.85. The van der Waals surface area contributed by atoms with E-state index in [4.69, 9.17) is 0 Å². The Morgan fingerprint density at radius 1 is 1.04 bits per heavy atom. The Balaban J connectivity index is 2.40. The average molecular weight is 320 g/mol. The number of nitrogens with one attached hydrogen (secondary N) is 1. The van der Waals surface area contributed by atoms with Crippen LogP contribution in [0.4, 0.5) is 26.2 Å².